The first-order valence-corrected chi connectivity index (χ1v) is 13.2. The molecule has 0 saturated carbocycles. The molecule has 0 fully saturated rings. The molecule has 204 valence electrons. The molecule has 0 bridgehead atoms. The highest BCUT2D eigenvalue weighted by molar-refractivity contribution is 6.35. The van der Waals surface area contributed by atoms with Crippen LogP contribution in [0.5, 0.6) is 5.75 Å². The van der Waals surface area contributed by atoms with Gasteiger partial charge in [0.25, 0.3) is 5.91 Å². The molecule has 0 aliphatic carbocycles. The third kappa shape index (κ3) is 4.85. The van der Waals surface area contributed by atoms with Crippen LogP contribution in [0.1, 0.15) is 41.6 Å². The molecule has 2 N–H and O–H groups in total. The van der Waals surface area contributed by atoms with Gasteiger partial charge in [0.05, 0.1) is 23.9 Å². The minimum absolute atomic E-state index is 0.226. The first kappa shape index (κ1) is 27.4. The Bertz CT molecular complexity index is 1800. The molecule has 0 aliphatic heterocycles. The van der Waals surface area contributed by atoms with Gasteiger partial charge in [-0.05, 0) is 68.6 Å². The summed E-state index contributed by atoms with van der Waals surface area (Å²) in [5.41, 5.74) is 8.27. The Morgan fingerprint density at radius 2 is 1.68 bits per heavy atom. The van der Waals surface area contributed by atoms with Gasteiger partial charge in [-0.3, -0.25) is 14.6 Å². The van der Waals surface area contributed by atoms with Gasteiger partial charge in [-0.25, -0.2) is 4.68 Å². The molecule has 2 heterocycles. The van der Waals surface area contributed by atoms with Gasteiger partial charge in [0.2, 0.25) is 5.91 Å². The average Bonchev–Trinajstić information content (AvgIpc) is 3.30. The molecule has 0 atom stereocenters. The Morgan fingerprint density at radius 3 is 2.30 bits per heavy atom. The summed E-state index contributed by atoms with van der Waals surface area (Å²) in [4.78, 5) is 31.5. The van der Waals surface area contributed by atoms with E-state index in [4.69, 9.17) is 38.8 Å². The molecule has 3 aromatic carbocycles. The normalized spacial score (nSPS) is 11.7. The lowest BCUT2D eigenvalue weighted by Gasteiger charge is -2.31. The number of hydrogen-bond acceptors (Lipinski definition) is 5. The SMILES string of the molecule is COc1cc2ccc3c(C(=O)N(C)C(C)(C)C)nn(-c4cc(Cl)cc(Cl)c4)c3c2cc1-c1cncc(C(N)=O)c1. The molecule has 0 unspecified atom stereocenters. The minimum Gasteiger partial charge on any atom is -0.496 e. The van der Waals surface area contributed by atoms with E-state index >= 15 is 0 Å². The molecule has 5 rings (SSSR count). The molecular formula is C30H27Cl2N5O3. The van der Waals surface area contributed by atoms with E-state index in [0.717, 1.165) is 10.8 Å². The van der Waals surface area contributed by atoms with Crippen molar-refractivity contribution in [2.75, 3.05) is 14.2 Å². The molecule has 0 saturated heterocycles. The second-order valence-electron chi connectivity index (χ2n) is 10.5. The predicted molar refractivity (Wildman–Crippen MR) is 159 cm³/mol. The summed E-state index contributed by atoms with van der Waals surface area (Å²) in [6, 6.07) is 14.4. The van der Waals surface area contributed by atoms with Gasteiger partial charge in [0.1, 0.15) is 5.75 Å². The molecular weight excluding hydrogens is 549 g/mol. The Labute approximate surface area is 241 Å². The van der Waals surface area contributed by atoms with E-state index in [1.807, 2.05) is 45.0 Å². The summed E-state index contributed by atoms with van der Waals surface area (Å²) in [6.07, 6.45) is 3.05. The van der Waals surface area contributed by atoms with E-state index < -0.39 is 11.4 Å². The van der Waals surface area contributed by atoms with Crippen molar-refractivity contribution in [1.29, 1.82) is 0 Å². The average molecular weight is 576 g/mol. The van der Waals surface area contributed by atoms with E-state index in [2.05, 4.69) is 4.98 Å². The zero-order valence-electron chi connectivity index (χ0n) is 22.6. The first-order chi connectivity index (χ1) is 18.9. The fraction of sp³-hybridized carbons (Fsp3) is 0.200. The van der Waals surface area contributed by atoms with Crippen LogP contribution in [0.3, 0.4) is 0 Å². The van der Waals surface area contributed by atoms with Crippen LogP contribution >= 0.6 is 23.2 Å². The van der Waals surface area contributed by atoms with Gasteiger partial charge in [-0.15, -0.1) is 0 Å². The molecule has 8 nitrogen and oxygen atoms in total. The number of amides is 2. The van der Waals surface area contributed by atoms with Crippen LogP contribution in [0.4, 0.5) is 0 Å². The van der Waals surface area contributed by atoms with Crippen LogP contribution in [0.25, 0.3) is 38.5 Å². The van der Waals surface area contributed by atoms with Gasteiger partial charge in [-0.2, -0.15) is 5.10 Å². The van der Waals surface area contributed by atoms with Crippen LogP contribution in [-0.2, 0) is 0 Å². The van der Waals surface area contributed by atoms with Crippen molar-refractivity contribution in [3.8, 4) is 22.6 Å². The number of ether oxygens (including phenoxy) is 1. The molecule has 0 spiro atoms. The lowest BCUT2D eigenvalue weighted by Crippen LogP contribution is -2.42. The Kier molecular flexibility index (Phi) is 6.94. The minimum atomic E-state index is -0.585. The zero-order chi connectivity index (χ0) is 28.9. The number of carbonyl (C=O) groups is 2. The molecule has 40 heavy (non-hydrogen) atoms. The second-order valence-corrected chi connectivity index (χ2v) is 11.4. The van der Waals surface area contributed by atoms with Crippen molar-refractivity contribution >= 4 is 56.7 Å². The van der Waals surface area contributed by atoms with E-state index in [-0.39, 0.29) is 11.5 Å². The smallest absolute Gasteiger partial charge is 0.275 e. The van der Waals surface area contributed by atoms with Gasteiger partial charge in [-0.1, -0.05) is 29.3 Å². The van der Waals surface area contributed by atoms with E-state index in [0.29, 0.717) is 49.2 Å². The third-order valence-corrected chi connectivity index (χ3v) is 7.35. The fourth-order valence-electron chi connectivity index (χ4n) is 4.55. The van der Waals surface area contributed by atoms with Crippen molar-refractivity contribution in [3.63, 3.8) is 0 Å². The number of halogens is 2. The summed E-state index contributed by atoms with van der Waals surface area (Å²) in [5.74, 6) is -0.231. The van der Waals surface area contributed by atoms with Crippen molar-refractivity contribution in [2.24, 2.45) is 5.73 Å². The van der Waals surface area contributed by atoms with Crippen LogP contribution in [0, 0.1) is 0 Å². The number of nitrogens with two attached hydrogens (primary N) is 1. The lowest BCUT2D eigenvalue weighted by molar-refractivity contribution is 0.0651. The summed E-state index contributed by atoms with van der Waals surface area (Å²) in [5, 5.41) is 7.98. The molecule has 2 amide bonds. The quantitative estimate of drug-likeness (QED) is 0.256. The van der Waals surface area contributed by atoms with Gasteiger partial charge >= 0.3 is 0 Å². The van der Waals surface area contributed by atoms with Gasteiger partial charge in [0.15, 0.2) is 5.69 Å². The number of rotatable bonds is 5. The fourth-order valence-corrected chi connectivity index (χ4v) is 5.06. The summed E-state index contributed by atoms with van der Waals surface area (Å²) < 4.78 is 7.40. The van der Waals surface area contributed by atoms with Crippen LogP contribution in [0.2, 0.25) is 10.0 Å². The van der Waals surface area contributed by atoms with E-state index in [9.17, 15) is 9.59 Å². The van der Waals surface area contributed by atoms with Crippen molar-refractivity contribution in [1.82, 2.24) is 19.7 Å². The lowest BCUT2D eigenvalue weighted by atomic mass is 9.98. The number of benzene rings is 3. The summed E-state index contributed by atoms with van der Waals surface area (Å²) in [6.45, 7) is 5.88. The van der Waals surface area contributed by atoms with E-state index in [1.54, 1.807) is 54.2 Å². The highest BCUT2D eigenvalue weighted by Gasteiger charge is 2.29. The second kappa shape index (κ2) is 10.1. The number of hydrogen-bond donors (Lipinski definition) is 1. The number of pyridine rings is 1. The van der Waals surface area contributed by atoms with Crippen LogP contribution in [-0.4, -0.2) is 51.2 Å². The standard InChI is InChI=1S/C30H27Cl2N5O3/c1-30(2,3)36(4)29(39)26-22-7-6-16-9-25(40-5)23(17-8-18(28(33)38)15-34-14-17)13-24(16)27(22)37(35-26)21-11-19(31)10-20(32)12-21/h6-15H,1-5H3,(H2,33,38). The third-order valence-electron chi connectivity index (χ3n) is 6.92. The Morgan fingerprint density at radius 1 is 0.975 bits per heavy atom. The van der Waals surface area contributed by atoms with Crippen molar-refractivity contribution in [3.05, 3.63) is 82.2 Å². The van der Waals surface area contributed by atoms with E-state index in [1.165, 1.54) is 6.20 Å². The molecule has 10 heteroatoms. The summed E-state index contributed by atoms with van der Waals surface area (Å²) >= 11 is 12.7. The molecule has 2 aromatic heterocycles. The zero-order valence-corrected chi connectivity index (χ0v) is 24.1. The van der Waals surface area contributed by atoms with Gasteiger partial charge in [0, 0.05) is 56.9 Å². The maximum atomic E-state index is 13.7. The maximum absolute atomic E-state index is 13.7. The van der Waals surface area contributed by atoms with Crippen molar-refractivity contribution < 1.29 is 14.3 Å². The number of primary amides is 1. The number of fused-ring (bicyclic) bond motifs is 3. The Balaban J connectivity index is 1.88. The number of aromatic nitrogens is 3. The largest absolute Gasteiger partial charge is 0.496 e. The first-order valence-electron chi connectivity index (χ1n) is 12.4. The van der Waals surface area contributed by atoms with Gasteiger partial charge < -0.3 is 15.4 Å². The summed E-state index contributed by atoms with van der Waals surface area (Å²) in [7, 11) is 3.33. The number of carbonyl (C=O) groups excluding carboxylic acids is 2. The molecule has 0 radical (unpaired) electrons. The monoisotopic (exact) mass is 575 g/mol. The maximum Gasteiger partial charge on any atom is 0.275 e. The Hall–Kier alpha value is -4.14. The van der Waals surface area contributed by atoms with Crippen LogP contribution < -0.4 is 10.5 Å². The van der Waals surface area contributed by atoms with Crippen molar-refractivity contribution in [2.45, 2.75) is 26.3 Å². The highest BCUT2D eigenvalue weighted by atomic mass is 35.5. The number of methoxy groups -OCH3 is 1. The number of nitrogens with zero attached hydrogens (tertiary/aromatic N) is 4. The highest BCUT2D eigenvalue weighted by Crippen LogP contribution is 2.39. The molecule has 5 aromatic rings. The molecule has 0 aliphatic rings. The topological polar surface area (TPSA) is 103 Å². The van der Waals surface area contributed by atoms with Crippen LogP contribution in [0.15, 0.2) is 60.9 Å². The predicted octanol–water partition coefficient (Wildman–Crippen LogP) is 6.53.